The lowest BCUT2D eigenvalue weighted by Gasteiger charge is -2.08. The van der Waals surface area contributed by atoms with Crippen molar-refractivity contribution < 1.29 is 4.79 Å². The summed E-state index contributed by atoms with van der Waals surface area (Å²) in [4.78, 5) is 15.0. The molecule has 2 aromatic rings. The van der Waals surface area contributed by atoms with E-state index in [0.717, 1.165) is 0 Å². The van der Waals surface area contributed by atoms with Gasteiger partial charge in [-0.05, 0) is 30.3 Å². The van der Waals surface area contributed by atoms with Gasteiger partial charge >= 0.3 is 0 Å². The van der Waals surface area contributed by atoms with Gasteiger partial charge in [0.05, 0.1) is 5.56 Å². The molecule has 1 aromatic heterocycles. The molecule has 0 radical (unpaired) electrons. The third kappa shape index (κ3) is 2.81. The lowest BCUT2D eigenvalue weighted by molar-refractivity contribution is 0.100. The zero-order valence-corrected chi connectivity index (χ0v) is 10.5. The Balaban J connectivity index is 2.27. The largest absolute Gasteiger partial charge is 0.366 e. The highest BCUT2D eigenvalue weighted by molar-refractivity contribution is 6.34. The number of nitrogens with one attached hydrogen (secondary N) is 1. The highest BCUT2D eigenvalue weighted by Crippen LogP contribution is 2.25. The molecule has 1 heterocycles. The van der Waals surface area contributed by atoms with E-state index in [2.05, 4.69) is 10.3 Å². The second-order valence-corrected chi connectivity index (χ2v) is 4.08. The zero-order valence-electron chi connectivity index (χ0n) is 9.72. The number of nitriles is 1. The molecule has 3 N–H and O–H groups in total. The summed E-state index contributed by atoms with van der Waals surface area (Å²) in [6.07, 6.45) is 1.49. The van der Waals surface area contributed by atoms with Crippen LogP contribution in [0.5, 0.6) is 0 Å². The highest BCUT2D eigenvalue weighted by atomic mass is 35.5. The minimum Gasteiger partial charge on any atom is -0.366 e. The number of aromatic nitrogens is 1. The molecule has 0 saturated carbocycles. The van der Waals surface area contributed by atoms with Gasteiger partial charge in [0.25, 0.3) is 0 Å². The molecule has 19 heavy (non-hydrogen) atoms. The van der Waals surface area contributed by atoms with Gasteiger partial charge in [-0.25, -0.2) is 4.98 Å². The molecule has 6 heteroatoms. The van der Waals surface area contributed by atoms with Crippen LogP contribution in [0.4, 0.5) is 11.5 Å². The molecule has 0 atom stereocenters. The Hall–Kier alpha value is -2.58. The Morgan fingerprint density at radius 2 is 2.00 bits per heavy atom. The molecule has 0 aliphatic rings. The lowest BCUT2D eigenvalue weighted by atomic mass is 10.2. The Bertz CT molecular complexity index is 661. The molecule has 0 spiro atoms. The molecule has 94 valence electrons. The van der Waals surface area contributed by atoms with Crippen LogP contribution < -0.4 is 11.1 Å². The number of nitrogens with two attached hydrogens (primary N) is 1. The third-order valence-electron chi connectivity index (χ3n) is 2.44. The summed E-state index contributed by atoms with van der Waals surface area (Å²) in [6.45, 7) is 0. The quantitative estimate of drug-likeness (QED) is 0.898. The highest BCUT2D eigenvalue weighted by Gasteiger charge is 2.07. The Morgan fingerprint density at radius 1 is 1.32 bits per heavy atom. The molecule has 2 rings (SSSR count). The summed E-state index contributed by atoms with van der Waals surface area (Å²) in [5, 5.41) is 12.1. The van der Waals surface area contributed by atoms with E-state index in [1.54, 1.807) is 24.3 Å². The maximum atomic E-state index is 10.9. The van der Waals surface area contributed by atoms with Crippen molar-refractivity contribution in [3.05, 3.63) is 52.7 Å². The van der Waals surface area contributed by atoms with E-state index in [9.17, 15) is 4.79 Å². The van der Waals surface area contributed by atoms with Crippen molar-refractivity contribution in [2.45, 2.75) is 0 Å². The zero-order chi connectivity index (χ0) is 13.8. The standard InChI is InChI=1S/C13H9ClN4O/c14-11-9(7-15)5-6-17-13(11)18-10-3-1-8(2-4-10)12(16)19/h1-6H,(H2,16,19)(H,17,18). The minimum absolute atomic E-state index is 0.254. The Labute approximate surface area is 114 Å². The van der Waals surface area contributed by atoms with E-state index in [1.807, 2.05) is 6.07 Å². The number of hydrogen-bond donors (Lipinski definition) is 2. The van der Waals surface area contributed by atoms with Gasteiger partial charge in [-0.2, -0.15) is 5.26 Å². The van der Waals surface area contributed by atoms with Crippen molar-refractivity contribution in [2.24, 2.45) is 5.73 Å². The number of rotatable bonds is 3. The second kappa shape index (κ2) is 5.38. The van der Waals surface area contributed by atoms with Gasteiger partial charge in [0.1, 0.15) is 11.1 Å². The number of anilines is 2. The fraction of sp³-hybridized carbons (Fsp3) is 0. The first-order valence-electron chi connectivity index (χ1n) is 5.33. The predicted octanol–water partition coefficient (Wildman–Crippen LogP) is 2.45. The monoisotopic (exact) mass is 272 g/mol. The number of halogens is 1. The van der Waals surface area contributed by atoms with Crippen molar-refractivity contribution in [3.63, 3.8) is 0 Å². The summed E-state index contributed by atoms with van der Waals surface area (Å²) in [6, 6.07) is 10.0. The second-order valence-electron chi connectivity index (χ2n) is 3.70. The fourth-order valence-corrected chi connectivity index (χ4v) is 1.67. The molecule has 0 saturated heterocycles. The molecule has 0 aliphatic carbocycles. The average Bonchev–Trinajstić information content (AvgIpc) is 2.42. The predicted molar refractivity (Wildman–Crippen MR) is 72.2 cm³/mol. The SMILES string of the molecule is N#Cc1ccnc(Nc2ccc(C(N)=O)cc2)c1Cl. The molecule has 1 aromatic carbocycles. The summed E-state index contributed by atoms with van der Waals surface area (Å²) in [5.74, 6) is -0.110. The summed E-state index contributed by atoms with van der Waals surface area (Å²) >= 11 is 6.02. The first-order valence-corrected chi connectivity index (χ1v) is 5.71. The van der Waals surface area contributed by atoms with E-state index >= 15 is 0 Å². The molecule has 0 fully saturated rings. The number of benzene rings is 1. The van der Waals surface area contributed by atoms with Crippen LogP contribution in [0.25, 0.3) is 0 Å². The minimum atomic E-state index is -0.491. The molecule has 1 amide bonds. The van der Waals surface area contributed by atoms with Crippen LogP contribution in [0.2, 0.25) is 5.02 Å². The lowest BCUT2D eigenvalue weighted by Crippen LogP contribution is -2.10. The van der Waals surface area contributed by atoms with Crippen LogP contribution in [0, 0.1) is 11.3 Å². The molecule has 0 aliphatic heterocycles. The Morgan fingerprint density at radius 3 is 2.58 bits per heavy atom. The molecular weight excluding hydrogens is 264 g/mol. The van der Waals surface area contributed by atoms with Gasteiger partial charge < -0.3 is 11.1 Å². The van der Waals surface area contributed by atoms with Gasteiger partial charge in [0.2, 0.25) is 5.91 Å². The number of amides is 1. The summed E-state index contributed by atoms with van der Waals surface area (Å²) < 4.78 is 0. The van der Waals surface area contributed by atoms with Gasteiger partial charge in [-0.3, -0.25) is 4.79 Å². The van der Waals surface area contributed by atoms with Crippen LogP contribution >= 0.6 is 11.6 Å². The number of hydrogen-bond acceptors (Lipinski definition) is 4. The fourth-order valence-electron chi connectivity index (χ4n) is 1.47. The van der Waals surface area contributed by atoms with Gasteiger partial charge in [0, 0.05) is 17.4 Å². The number of primary amides is 1. The van der Waals surface area contributed by atoms with Gasteiger partial charge in [0.15, 0.2) is 5.82 Å². The first kappa shape index (κ1) is 12.9. The van der Waals surface area contributed by atoms with Crippen LogP contribution in [-0.4, -0.2) is 10.9 Å². The normalized spacial score (nSPS) is 9.68. The summed E-state index contributed by atoms with van der Waals surface area (Å²) in [7, 11) is 0. The summed E-state index contributed by atoms with van der Waals surface area (Å²) in [5.41, 5.74) is 6.59. The number of pyridine rings is 1. The van der Waals surface area contributed by atoms with Gasteiger partial charge in [-0.1, -0.05) is 11.6 Å². The van der Waals surface area contributed by atoms with Gasteiger partial charge in [-0.15, -0.1) is 0 Å². The topological polar surface area (TPSA) is 91.8 Å². The van der Waals surface area contributed by atoms with Crippen LogP contribution in [0.3, 0.4) is 0 Å². The van der Waals surface area contributed by atoms with E-state index in [4.69, 9.17) is 22.6 Å². The number of carbonyl (C=O) groups excluding carboxylic acids is 1. The smallest absolute Gasteiger partial charge is 0.248 e. The maximum Gasteiger partial charge on any atom is 0.248 e. The molecule has 5 nitrogen and oxygen atoms in total. The van der Waals surface area contributed by atoms with Crippen LogP contribution in [-0.2, 0) is 0 Å². The maximum absolute atomic E-state index is 10.9. The van der Waals surface area contributed by atoms with Crippen LogP contribution in [0.1, 0.15) is 15.9 Å². The Kier molecular flexibility index (Phi) is 3.64. The number of nitrogens with zero attached hydrogens (tertiary/aromatic N) is 2. The van der Waals surface area contributed by atoms with Crippen molar-refractivity contribution in [1.29, 1.82) is 5.26 Å². The van der Waals surface area contributed by atoms with Crippen LogP contribution in [0.15, 0.2) is 36.5 Å². The third-order valence-corrected chi connectivity index (χ3v) is 2.82. The first-order chi connectivity index (χ1) is 9.11. The van der Waals surface area contributed by atoms with E-state index in [-0.39, 0.29) is 5.02 Å². The van der Waals surface area contributed by atoms with Crippen molar-refractivity contribution in [2.75, 3.05) is 5.32 Å². The van der Waals surface area contributed by atoms with E-state index < -0.39 is 5.91 Å². The van der Waals surface area contributed by atoms with Crippen molar-refractivity contribution in [1.82, 2.24) is 4.98 Å². The van der Waals surface area contributed by atoms with E-state index in [1.165, 1.54) is 12.3 Å². The van der Waals surface area contributed by atoms with E-state index in [0.29, 0.717) is 22.6 Å². The number of carbonyl (C=O) groups is 1. The molecule has 0 bridgehead atoms. The van der Waals surface area contributed by atoms with Crippen molar-refractivity contribution >= 4 is 29.0 Å². The molecular formula is C13H9ClN4O. The average molecular weight is 273 g/mol. The molecule has 0 unspecified atom stereocenters. The van der Waals surface area contributed by atoms with Crippen molar-refractivity contribution in [3.8, 4) is 6.07 Å².